The molecular formula is C16H21N3. The van der Waals surface area contributed by atoms with E-state index < -0.39 is 0 Å². The summed E-state index contributed by atoms with van der Waals surface area (Å²) >= 11 is 0. The maximum absolute atomic E-state index is 3.12. The van der Waals surface area contributed by atoms with Crippen molar-refractivity contribution in [3.8, 4) is 0 Å². The molecule has 1 aliphatic rings. The summed E-state index contributed by atoms with van der Waals surface area (Å²) in [5, 5.41) is 0. The van der Waals surface area contributed by atoms with Crippen molar-refractivity contribution in [1.29, 1.82) is 0 Å². The van der Waals surface area contributed by atoms with E-state index in [2.05, 4.69) is 58.2 Å². The van der Waals surface area contributed by atoms with Crippen LogP contribution in [0, 0.1) is 6.92 Å². The van der Waals surface area contributed by atoms with Crippen LogP contribution in [0.15, 0.2) is 42.7 Å². The van der Waals surface area contributed by atoms with E-state index in [-0.39, 0.29) is 0 Å². The molecule has 0 saturated carbocycles. The summed E-state index contributed by atoms with van der Waals surface area (Å²) in [6.45, 7) is 7.77. The molecule has 0 spiro atoms. The zero-order valence-corrected chi connectivity index (χ0v) is 11.5. The van der Waals surface area contributed by atoms with Crippen molar-refractivity contribution in [2.24, 2.45) is 0 Å². The number of benzene rings is 1. The number of H-pyrrole nitrogens is 1. The third kappa shape index (κ3) is 2.82. The molecular weight excluding hydrogens is 234 g/mol. The van der Waals surface area contributed by atoms with E-state index in [4.69, 9.17) is 0 Å². The molecule has 0 unspecified atom stereocenters. The van der Waals surface area contributed by atoms with E-state index in [1.807, 2.05) is 6.20 Å². The maximum atomic E-state index is 3.12. The number of aromatic amines is 1. The molecule has 1 aromatic carbocycles. The van der Waals surface area contributed by atoms with Gasteiger partial charge in [-0.2, -0.15) is 0 Å². The van der Waals surface area contributed by atoms with Gasteiger partial charge >= 0.3 is 0 Å². The number of piperazine rings is 1. The van der Waals surface area contributed by atoms with Crippen LogP contribution < -0.4 is 4.90 Å². The van der Waals surface area contributed by atoms with Crippen molar-refractivity contribution in [2.75, 3.05) is 31.1 Å². The summed E-state index contributed by atoms with van der Waals surface area (Å²) in [5.74, 6) is 0. The minimum absolute atomic E-state index is 1.06. The second-order valence-corrected chi connectivity index (χ2v) is 5.27. The highest BCUT2D eigenvalue weighted by Gasteiger charge is 2.18. The van der Waals surface area contributed by atoms with Gasteiger partial charge in [-0.05, 0) is 30.2 Å². The minimum Gasteiger partial charge on any atom is -0.369 e. The van der Waals surface area contributed by atoms with Gasteiger partial charge < -0.3 is 9.88 Å². The van der Waals surface area contributed by atoms with Gasteiger partial charge in [0.05, 0.1) is 0 Å². The maximum Gasteiger partial charge on any atom is 0.0396 e. The minimum atomic E-state index is 1.06. The fraction of sp³-hybridized carbons (Fsp3) is 0.375. The van der Waals surface area contributed by atoms with Gasteiger partial charge in [-0.1, -0.05) is 18.2 Å². The van der Waals surface area contributed by atoms with E-state index in [9.17, 15) is 0 Å². The van der Waals surface area contributed by atoms with Gasteiger partial charge in [-0.25, -0.2) is 0 Å². The molecule has 2 heterocycles. The Labute approximate surface area is 114 Å². The van der Waals surface area contributed by atoms with Gasteiger partial charge in [-0.15, -0.1) is 0 Å². The van der Waals surface area contributed by atoms with Crippen LogP contribution >= 0.6 is 0 Å². The standard InChI is InChI=1S/C16H21N3/c1-14-4-2-3-5-16(14)19-10-8-18(9-11-19)13-15-6-7-17-12-15/h2-7,12,17H,8-11,13H2,1H3. The van der Waals surface area contributed by atoms with Crippen molar-refractivity contribution in [3.05, 3.63) is 53.9 Å². The van der Waals surface area contributed by atoms with Crippen molar-refractivity contribution < 1.29 is 0 Å². The number of aryl methyl sites for hydroxylation is 1. The first-order valence-electron chi connectivity index (χ1n) is 6.97. The summed E-state index contributed by atoms with van der Waals surface area (Å²) in [6, 6.07) is 10.8. The number of aromatic nitrogens is 1. The van der Waals surface area contributed by atoms with Crippen LogP contribution in [0.5, 0.6) is 0 Å². The number of rotatable bonds is 3. The number of hydrogen-bond acceptors (Lipinski definition) is 2. The smallest absolute Gasteiger partial charge is 0.0396 e. The topological polar surface area (TPSA) is 22.3 Å². The summed E-state index contributed by atoms with van der Waals surface area (Å²) < 4.78 is 0. The number of hydrogen-bond donors (Lipinski definition) is 1. The molecule has 2 aromatic rings. The number of nitrogens with one attached hydrogen (secondary N) is 1. The molecule has 19 heavy (non-hydrogen) atoms. The van der Waals surface area contributed by atoms with Crippen molar-refractivity contribution >= 4 is 5.69 Å². The lowest BCUT2D eigenvalue weighted by Gasteiger charge is -2.36. The molecule has 3 nitrogen and oxygen atoms in total. The summed E-state index contributed by atoms with van der Waals surface area (Å²) in [7, 11) is 0. The fourth-order valence-electron chi connectivity index (χ4n) is 2.78. The van der Waals surface area contributed by atoms with E-state index in [0.29, 0.717) is 0 Å². The molecule has 0 amide bonds. The molecule has 1 N–H and O–H groups in total. The summed E-state index contributed by atoms with van der Waals surface area (Å²) in [5.41, 5.74) is 4.15. The monoisotopic (exact) mass is 255 g/mol. The zero-order chi connectivity index (χ0) is 13.1. The molecule has 1 aliphatic heterocycles. The van der Waals surface area contributed by atoms with Crippen LogP contribution in [0.3, 0.4) is 0 Å². The lowest BCUT2D eigenvalue weighted by atomic mass is 10.1. The molecule has 3 heteroatoms. The van der Waals surface area contributed by atoms with Gasteiger partial charge in [0.15, 0.2) is 0 Å². The van der Waals surface area contributed by atoms with Crippen molar-refractivity contribution in [2.45, 2.75) is 13.5 Å². The third-order valence-electron chi connectivity index (χ3n) is 3.90. The van der Waals surface area contributed by atoms with Crippen LogP contribution in [-0.2, 0) is 6.54 Å². The van der Waals surface area contributed by atoms with Crippen LogP contribution in [0.25, 0.3) is 0 Å². The predicted octanol–water partition coefficient (Wildman–Crippen LogP) is 2.65. The molecule has 1 fully saturated rings. The Morgan fingerprint density at radius 3 is 2.53 bits per heavy atom. The molecule has 3 rings (SSSR count). The molecule has 1 aromatic heterocycles. The Kier molecular flexibility index (Phi) is 3.56. The summed E-state index contributed by atoms with van der Waals surface area (Å²) in [6.07, 6.45) is 4.09. The highest BCUT2D eigenvalue weighted by atomic mass is 15.3. The number of anilines is 1. The molecule has 0 radical (unpaired) electrons. The van der Waals surface area contributed by atoms with E-state index in [1.165, 1.54) is 16.8 Å². The van der Waals surface area contributed by atoms with Gasteiger partial charge in [0.2, 0.25) is 0 Å². The Balaban J connectivity index is 1.59. The third-order valence-corrected chi connectivity index (χ3v) is 3.90. The second kappa shape index (κ2) is 5.49. The number of nitrogens with zero attached hydrogens (tertiary/aromatic N) is 2. The average molecular weight is 255 g/mol. The largest absolute Gasteiger partial charge is 0.369 e. The highest BCUT2D eigenvalue weighted by molar-refractivity contribution is 5.53. The first kappa shape index (κ1) is 12.3. The van der Waals surface area contributed by atoms with E-state index in [1.54, 1.807) is 0 Å². The van der Waals surface area contributed by atoms with Gasteiger partial charge in [0.1, 0.15) is 0 Å². The van der Waals surface area contributed by atoms with Crippen molar-refractivity contribution in [3.63, 3.8) is 0 Å². The Morgan fingerprint density at radius 2 is 1.84 bits per heavy atom. The lowest BCUT2D eigenvalue weighted by Crippen LogP contribution is -2.46. The number of para-hydroxylation sites is 1. The lowest BCUT2D eigenvalue weighted by molar-refractivity contribution is 0.250. The Bertz CT molecular complexity index is 511. The fourth-order valence-corrected chi connectivity index (χ4v) is 2.78. The van der Waals surface area contributed by atoms with Crippen LogP contribution in [0.2, 0.25) is 0 Å². The van der Waals surface area contributed by atoms with Crippen LogP contribution in [0.4, 0.5) is 5.69 Å². The molecule has 0 bridgehead atoms. The quantitative estimate of drug-likeness (QED) is 0.911. The Hall–Kier alpha value is -1.74. The van der Waals surface area contributed by atoms with Gasteiger partial charge in [-0.3, -0.25) is 4.90 Å². The first-order chi connectivity index (χ1) is 9.33. The Morgan fingerprint density at radius 1 is 1.05 bits per heavy atom. The average Bonchev–Trinajstić information content (AvgIpc) is 2.93. The molecule has 0 atom stereocenters. The highest BCUT2D eigenvalue weighted by Crippen LogP contribution is 2.21. The van der Waals surface area contributed by atoms with E-state index >= 15 is 0 Å². The van der Waals surface area contributed by atoms with Gasteiger partial charge in [0.25, 0.3) is 0 Å². The van der Waals surface area contributed by atoms with Crippen LogP contribution in [-0.4, -0.2) is 36.1 Å². The molecule has 0 aliphatic carbocycles. The van der Waals surface area contributed by atoms with Crippen molar-refractivity contribution in [1.82, 2.24) is 9.88 Å². The van der Waals surface area contributed by atoms with Crippen LogP contribution in [0.1, 0.15) is 11.1 Å². The first-order valence-corrected chi connectivity index (χ1v) is 6.97. The SMILES string of the molecule is Cc1ccccc1N1CCN(Cc2cc[nH]c2)CC1. The second-order valence-electron chi connectivity index (χ2n) is 5.27. The normalized spacial score (nSPS) is 16.8. The predicted molar refractivity (Wildman–Crippen MR) is 79.5 cm³/mol. The molecule has 100 valence electrons. The van der Waals surface area contributed by atoms with E-state index in [0.717, 1.165) is 32.7 Å². The summed E-state index contributed by atoms with van der Waals surface area (Å²) in [4.78, 5) is 8.15. The molecule has 1 saturated heterocycles. The zero-order valence-electron chi connectivity index (χ0n) is 11.5. The van der Waals surface area contributed by atoms with Gasteiger partial charge in [0, 0.05) is 50.8 Å².